The van der Waals surface area contributed by atoms with Crippen molar-refractivity contribution in [1.82, 2.24) is 24.9 Å². The van der Waals surface area contributed by atoms with E-state index in [1.54, 1.807) is 4.68 Å². The molecule has 0 spiro atoms. The highest BCUT2D eigenvalue weighted by Gasteiger charge is 2.40. The minimum absolute atomic E-state index is 0.229. The van der Waals surface area contributed by atoms with Crippen molar-refractivity contribution in [3.05, 3.63) is 42.0 Å². The highest BCUT2D eigenvalue weighted by molar-refractivity contribution is 5.72. The van der Waals surface area contributed by atoms with Crippen molar-refractivity contribution in [1.29, 1.82) is 0 Å². The van der Waals surface area contributed by atoms with Gasteiger partial charge in [-0.1, -0.05) is 17.3 Å². The third-order valence-corrected chi connectivity index (χ3v) is 4.54. The fraction of sp³-hybridized carbons (Fsp3) is 0.471. The largest absolute Gasteiger partial charge is 0.439 e. The zero-order valence-electron chi connectivity index (χ0n) is 13.9. The number of likely N-dealkylation sites (tertiary alicyclic amines) is 1. The number of β-amino-alcohol motifs (C(OH)–C–C–N with tert-alkyl or cyclic N) is 1. The number of hydrogen-bond donors (Lipinski definition) is 1. The molecule has 1 aliphatic rings. The predicted molar refractivity (Wildman–Crippen MR) is 88.2 cm³/mol. The van der Waals surface area contributed by atoms with Crippen molar-refractivity contribution in [2.24, 2.45) is 0 Å². The maximum Gasteiger partial charge on any atom is 0.209 e. The van der Waals surface area contributed by atoms with Crippen LogP contribution in [0.4, 0.5) is 0 Å². The number of benzene rings is 1. The molecule has 0 aliphatic carbocycles. The van der Waals surface area contributed by atoms with Crippen LogP contribution in [-0.4, -0.2) is 43.1 Å². The molecule has 1 aromatic carbocycles. The van der Waals surface area contributed by atoms with Crippen LogP contribution in [0.15, 0.2) is 34.9 Å². The summed E-state index contributed by atoms with van der Waals surface area (Å²) in [4.78, 5) is 6.64. The number of nitrogens with zero attached hydrogens (tertiary/aromatic N) is 5. The molecule has 4 rings (SSSR count). The third kappa shape index (κ3) is 2.70. The fourth-order valence-electron chi connectivity index (χ4n) is 3.14. The molecule has 7 nitrogen and oxygen atoms in total. The SMILES string of the molecule is CC(C)n1cc([C@]2(O)CCN(Cc3nc4ccccc4o3)C2)nn1. The van der Waals surface area contributed by atoms with Gasteiger partial charge in [0.05, 0.1) is 12.7 Å². The Hall–Kier alpha value is -2.25. The molecular formula is C17H21N5O2. The predicted octanol–water partition coefficient (Wildman–Crippen LogP) is 2.09. The van der Waals surface area contributed by atoms with E-state index in [1.807, 2.05) is 44.3 Å². The number of fused-ring (bicyclic) bond motifs is 1. The minimum atomic E-state index is -0.959. The normalized spacial score (nSPS) is 22.0. The van der Waals surface area contributed by atoms with Gasteiger partial charge in [-0.2, -0.15) is 0 Å². The molecule has 126 valence electrons. The second-order valence-electron chi connectivity index (χ2n) is 6.75. The Morgan fingerprint density at radius 2 is 2.17 bits per heavy atom. The molecule has 1 N–H and O–H groups in total. The average Bonchev–Trinajstić information content (AvgIpc) is 3.25. The van der Waals surface area contributed by atoms with Crippen molar-refractivity contribution in [2.75, 3.05) is 13.1 Å². The van der Waals surface area contributed by atoms with E-state index < -0.39 is 5.60 Å². The van der Waals surface area contributed by atoms with Crippen molar-refractivity contribution < 1.29 is 9.52 Å². The second kappa shape index (κ2) is 5.68. The topological polar surface area (TPSA) is 80.2 Å². The van der Waals surface area contributed by atoms with Crippen LogP contribution >= 0.6 is 0 Å². The summed E-state index contributed by atoms with van der Waals surface area (Å²) < 4.78 is 7.55. The monoisotopic (exact) mass is 327 g/mol. The molecule has 0 amide bonds. The van der Waals surface area contributed by atoms with Crippen LogP contribution in [0.25, 0.3) is 11.1 Å². The summed E-state index contributed by atoms with van der Waals surface area (Å²) in [6.45, 7) is 5.93. The van der Waals surface area contributed by atoms with Gasteiger partial charge in [0.1, 0.15) is 16.8 Å². The number of aromatic nitrogens is 4. The van der Waals surface area contributed by atoms with Gasteiger partial charge in [0.15, 0.2) is 5.58 Å². The van der Waals surface area contributed by atoms with Crippen LogP contribution < -0.4 is 0 Å². The van der Waals surface area contributed by atoms with Gasteiger partial charge in [0, 0.05) is 19.1 Å². The van der Waals surface area contributed by atoms with Crippen LogP contribution in [-0.2, 0) is 12.1 Å². The Morgan fingerprint density at radius 1 is 1.33 bits per heavy atom. The van der Waals surface area contributed by atoms with Crippen LogP contribution in [0.2, 0.25) is 0 Å². The zero-order chi connectivity index (χ0) is 16.7. The van der Waals surface area contributed by atoms with Crippen LogP contribution in [0.1, 0.15) is 37.9 Å². The van der Waals surface area contributed by atoms with Crippen molar-refractivity contribution in [3.63, 3.8) is 0 Å². The van der Waals surface area contributed by atoms with E-state index in [2.05, 4.69) is 20.2 Å². The number of hydrogen-bond acceptors (Lipinski definition) is 6. The number of rotatable bonds is 4. The van der Waals surface area contributed by atoms with E-state index >= 15 is 0 Å². The number of aliphatic hydroxyl groups is 1. The summed E-state index contributed by atoms with van der Waals surface area (Å²) in [5, 5.41) is 19.2. The van der Waals surface area contributed by atoms with E-state index in [0.717, 1.165) is 17.6 Å². The molecule has 3 aromatic rings. The Kier molecular flexibility index (Phi) is 3.62. The molecule has 1 atom stereocenters. The molecule has 0 bridgehead atoms. The Morgan fingerprint density at radius 3 is 2.92 bits per heavy atom. The van der Waals surface area contributed by atoms with Gasteiger partial charge in [-0.15, -0.1) is 5.10 Å². The molecular weight excluding hydrogens is 306 g/mol. The maximum atomic E-state index is 10.9. The number of oxazole rings is 1. The van der Waals surface area contributed by atoms with E-state index in [0.29, 0.717) is 31.1 Å². The van der Waals surface area contributed by atoms with E-state index in [-0.39, 0.29) is 6.04 Å². The first kappa shape index (κ1) is 15.3. The van der Waals surface area contributed by atoms with Gasteiger partial charge in [-0.3, -0.25) is 4.90 Å². The second-order valence-corrected chi connectivity index (χ2v) is 6.75. The smallest absolute Gasteiger partial charge is 0.209 e. The molecule has 24 heavy (non-hydrogen) atoms. The highest BCUT2D eigenvalue weighted by atomic mass is 16.3. The first-order chi connectivity index (χ1) is 11.5. The molecule has 0 radical (unpaired) electrons. The third-order valence-electron chi connectivity index (χ3n) is 4.54. The quantitative estimate of drug-likeness (QED) is 0.790. The van der Waals surface area contributed by atoms with Crippen LogP contribution in [0.3, 0.4) is 0 Å². The summed E-state index contributed by atoms with van der Waals surface area (Å²) in [5.74, 6) is 0.672. The van der Waals surface area contributed by atoms with E-state index in [4.69, 9.17) is 4.42 Å². The molecule has 3 heterocycles. The lowest BCUT2D eigenvalue weighted by molar-refractivity contribution is 0.0400. The number of para-hydroxylation sites is 2. The van der Waals surface area contributed by atoms with Gasteiger partial charge >= 0.3 is 0 Å². The lowest BCUT2D eigenvalue weighted by Gasteiger charge is -2.20. The van der Waals surface area contributed by atoms with Crippen LogP contribution in [0.5, 0.6) is 0 Å². The first-order valence-electron chi connectivity index (χ1n) is 8.25. The Labute approximate surface area is 139 Å². The molecule has 1 aliphatic heterocycles. The summed E-state index contributed by atoms with van der Waals surface area (Å²) in [6, 6.07) is 7.96. The molecule has 7 heteroatoms. The van der Waals surface area contributed by atoms with Crippen molar-refractivity contribution >= 4 is 11.1 Å². The van der Waals surface area contributed by atoms with E-state index in [9.17, 15) is 5.11 Å². The standard InChI is InChI=1S/C17H21N5O2/c1-12(2)22-9-15(19-20-22)17(23)7-8-21(11-17)10-16-18-13-5-3-4-6-14(13)24-16/h3-6,9,12,23H,7-8,10-11H2,1-2H3/t17-/m0/s1. The molecule has 0 saturated carbocycles. The molecule has 1 fully saturated rings. The first-order valence-corrected chi connectivity index (χ1v) is 8.25. The van der Waals surface area contributed by atoms with Gasteiger partial charge in [0.2, 0.25) is 5.89 Å². The maximum absolute atomic E-state index is 10.9. The molecule has 1 saturated heterocycles. The van der Waals surface area contributed by atoms with Gasteiger partial charge in [0.25, 0.3) is 0 Å². The molecule has 0 unspecified atom stereocenters. The van der Waals surface area contributed by atoms with Gasteiger partial charge < -0.3 is 9.52 Å². The average molecular weight is 327 g/mol. The van der Waals surface area contributed by atoms with Crippen molar-refractivity contribution in [2.45, 2.75) is 38.5 Å². The minimum Gasteiger partial charge on any atom is -0.439 e. The highest BCUT2D eigenvalue weighted by Crippen LogP contribution is 2.31. The summed E-state index contributed by atoms with van der Waals surface area (Å²) >= 11 is 0. The fourth-order valence-corrected chi connectivity index (χ4v) is 3.14. The lowest BCUT2D eigenvalue weighted by atomic mass is 10.00. The van der Waals surface area contributed by atoms with Crippen molar-refractivity contribution in [3.8, 4) is 0 Å². The van der Waals surface area contributed by atoms with Gasteiger partial charge in [-0.25, -0.2) is 9.67 Å². The zero-order valence-corrected chi connectivity index (χ0v) is 13.9. The van der Waals surface area contributed by atoms with Gasteiger partial charge in [-0.05, 0) is 32.4 Å². The summed E-state index contributed by atoms with van der Waals surface area (Å²) in [7, 11) is 0. The van der Waals surface area contributed by atoms with Crippen LogP contribution in [0, 0.1) is 0 Å². The summed E-state index contributed by atoms with van der Waals surface area (Å²) in [5.41, 5.74) is 1.33. The lowest BCUT2D eigenvalue weighted by Crippen LogP contribution is -2.31. The Bertz CT molecular complexity index is 822. The summed E-state index contributed by atoms with van der Waals surface area (Å²) in [6.07, 6.45) is 2.47. The van der Waals surface area contributed by atoms with E-state index in [1.165, 1.54) is 0 Å². The Balaban J connectivity index is 1.48. The molecule has 2 aromatic heterocycles.